The van der Waals surface area contributed by atoms with Crippen LogP contribution in [0.4, 0.5) is 0 Å². The second-order valence-corrected chi connectivity index (χ2v) is 14.5. The maximum Gasteiger partial charge on any atom is 0.326 e. The second kappa shape index (κ2) is 25.2. The summed E-state index contributed by atoms with van der Waals surface area (Å²) >= 11 is 0. The molecule has 0 spiro atoms. The number of phenols is 1. The summed E-state index contributed by atoms with van der Waals surface area (Å²) in [5.41, 5.74) is 13.3. The van der Waals surface area contributed by atoms with Crippen LogP contribution in [0.2, 0.25) is 0 Å². The van der Waals surface area contributed by atoms with Gasteiger partial charge in [-0.2, -0.15) is 0 Å². The van der Waals surface area contributed by atoms with Crippen molar-refractivity contribution in [1.82, 2.24) is 26.6 Å². The van der Waals surface area contributed by atoms with Gasteiger partial charge in [-0.15, -0.1) is 0 Å². The van der Waals surface area contributed by atoms with Crippen molar-refractivity contribution in [3.05, 3.63) is 102 Å². The van der Waals surface area contributed by atoms with Gasteiger partial charge >= 0.3 is 11.9 Å². The number of carboxylic acids is 2. The van der Waals surface area contributed by atoms with Crippen LogP contribution in [0, 0.1) is 0 Å². The molecular weight excluding hydrogens is 775 g/mol. The number of phenolic OH excluding ortho intramolecular Hbond substituents is 1. The van der Waals surface area contributed by atoms with E-state index in [0.29, 0.717) is 48.9 Å². The molecule has 5 amide bonds. The second-order valence-electron chi connectivity index (χ2n) is 14.5. The average Bonchev–Trinajstić information content (AvgIpc) is 3.22. The minimum absolute atomic E-state index is 0.0164. The summed E-state index contributed by atoms with van der Waals surface area (Å²) in [4.78, 5) is 92.8. The lowest BCUT2D eigenvalue weighted by atomic mass is 10.0. The molecule has 17 heteroatoms. The first-order valence-corrected chi connectivity index (χ1v) is 20.0. The minimum Gasteiger partial charge on any atom is -0.508 e. The van der Waals surface area contributed by atoms with Gasteiger partial charge < -0.3 is 53.4 Å². The molecule has 0 heterocycles. The number of hydrogen-bond acceptors (Lipinski definition) is 10. The van der Waals surface area contributed by atoms with E-state index < -0.39 is 84.1 Å². The summed E-state index contributed by atoms with van der Waals surface area (Å²) in [6, 6.07) is 15.2. The smallest absolute Gasteiger partial charge is 0.326 e. The van der Waals surface area contributed by atoms with Crippen molar-refractivity contribution in [1.29, 1.82) is 0 Å². The fourth-order valence-corrected chi connectivity index (χ4v) is 6.25. The van der Waals surface area contributed by atoms with Gasteiger partial charge in [0.15, 0.2) is 0 Å². The molecule has 12 N–H and O–H groups in total. The molecule has 0 aliphatic carbocycles. The summed E-state index contributed by atoms with van der Waals surface area (Å²) in [7, 11) is 0. The molecule has 324 valence electrons. The number of nitrogens with two attached hydrogens (primary N) is 2. The number of carbonyl (C=O) groups excluding carboxylic acids is 5. The molecule has 0 aliphatic heterocycles. The molecule has 3 aromatic rings. The molecule has 0 bridgehead atoms. The Balaban J connectivity index is 1.96. The van der Waals surface area contributed by atoms with Crippen LogP contribution in [0.25, 0.3) is 0 Å². The van der Waals surface area contributed by atoms with Crippen LogP contribution < -0.4 is 38.1 Å². The fraction of sp³-hybridized carbons (Fsp3) is 0.419. The minimum atomic E-state index is -1.64. The third-order valence-electron chi connectivity index (χ3n) is 9.62. The van der Waals surface area contributed by atoms with Gasteiger partial charge in [0.25, 0.3) is 0 Å². The van der Waals surface area contributed by atoms with Crippen LogP contribution >= 0.6 is 0 Å². The van der Waals surface area contributed by atoms with Crippen molar-refractivity contribution in [3.8, 4) is 5.75 Å². The first-order valence-electron chi connectivity index (χ1n) is 20.0. The molecule has 0 aliphatic rings. The zero-order valence-corrected chi connectivity index (χ0v) is 33.7. The van der Waals surface area contributed by atoms with E-state index >= 15 is 0 Å². The number of aromatic hydroxyl groups is 1. The van der Waals surface area contributed by atoms with Crippen molar-refractivity contribution in [2.24, 2.45) is 11.5 Å². The average molecular weight is 832 g/mol. The highest BCUT2D eigenvalue weighted by Gasteiger charge is 2.34. The summed E-state index contributed by atoms with van der Waals surface area (Å²) < 4.78 is 0. The van der Waals surface area contributed by atoms with Gasteiger partial charge in [-0.3, -0.25) is 28.8 Å². The number of hydrogen-bond donors (Lipinski definition) is 10. The van der Waals surface area contributed by atoms with E-state index in [-0.39, 0.29) is 37.9 Å². The van der Waals surface area contributed by atoms with E-state index in [4.69, 9.17) is 11.5 Å². The number of carbonyl (C=O) groups is 7. The van der Waals surface area contributed by atoms with E-state index in [0.717, 1.165) is 0 Å². The Hall–Kier alpha value is -6.33. The van der Waals surface area contributed by atoms with E-state index in [2.05, 4.69) is 26.6 Å². The predicted molar refractivity (Wildman–Crippen MR) is 222 cm³/mol. The third kappa shape index (κ3) is 16.9. The quantitative estimate of drug-likeness (QED) is 0.0508. The predicted octanol–water partition coefficient (Wildman–Crippen LogP) is 1.05. The maximum absolute atomic E-state index is 14.3. The van der Waals surface area contributed by atoms with Crippen LogP contribution in [0.5, 0.6) is 5.75 Å². The molecule has 3 rings (SSSR count). The Morgan fingerprint density at radius 2 is 0.950 bits per heavy atom. The Morgan fingerprint density at radius 3 is 1.37 bits per heavy atom. The number of rotatable bonds is 26. The Bertz CT molecular complexity index is 1860. The Kier molecular flexibility index (Phi) is 20.2. The number of nitrogens with one attached hydrogen (secondary N) is 5. The lowest BCUT2D eigenvalue weighted by molar-refractivity contribution is -0.142. The molecule has 3 aromatic carbocycles. The van der Waals surface area contributed by atoms with Gasteiger partial charge in [0, 0.05) is 19.3 Å². The summed E-state index contributed by atoms with van der Waals surface area (Å²) in [5.74, 6) is -6.92. The van der Waals surface area contributed by atoms with Gasteiger partial charge in [-0.25, -0.2) is 4.79 Å². The van der Waals surface area contributed by atoms with Crippen molar-refractivity contribution >= 4 is 41.5 Å². The first-order chi connectivity index (χ1) is 28.7. The maximum atomic E-state index is 14.3. The van der Waals surface area contributed by atoms with E-state index in [1.165, 1.54) is 24.3 Å². The molecule has 0 saturated heterocycles. The monoisotopic (exact) mass is 831 g/mol. The number of carboxylic acid groups (broad SMARTS) is 2. The van der Waals surface area contributed by atoms with Crippen LogP contribution in [0.1, 0.15) is 68.6 Å². The molecule has 60 heavy (non-hydrogen) atoms. The van der Waals surface area contributed by atoms with Crippen molar-refractivity contribution in [3.63, 3.8) is 0 Å². The normalized spacial score (nSPS) is 13.9. The van der Waals surface area contributed by atoms with Gasteiger partial charge in [0.05, 0.1) is 12.5 Å². The standard InChI is InChI=1S/C43H57N7O10/c1-2-3-17-32(43(59)60)46-39(55)33(23-27-12-6-4-7-13-27)48-40(56)34(24-28-14-8-5-9-15-28)49-41(57)35(25-29-18-20-30(51)21-19-29)50-42(58)36(26-37(52)53)47-38(54)31(45)16-10-11-22-44/h4-9,12-15,18-21,31-36,51H,2-3,10-11,16-17,22-26,44-45H2,1H3,(H,46,55)(H,47,54)(H,48,56)(H,49,57)(H,50,58)(H,52,53)(H,59,60)/t31-,32+,33-,34-,35-,36-/m1/s1. The zero-order chi connectivity index (χ0) is 44.0. The molecule has 6 atom stereocenters. The molecular formula is C43H57N7O10. The highest BCUT2D eigenvalue weighted by atomic mass is 16.4. The van der Waals surface area contributed by atoms with Crippen LogP contribution in [-0.4, -0.2) is 99.6 Å². The van der Waals surface area contributed by atoms with E-state index in [1.807, 2.05) is 6.92 Å². The topological polar surface area (TPSA) is 292 Å². The summed E-state index contributed by atoms with van der Waals surface area (Å²) in [6.45, 7) is 2.27. The van der Waals surface area contributed by atoms with Crippen molar-refractivity contribution in [2.45, 2.75) is 107 Å². The molecule has 0 unspecified atom stereocenters. The zero-order valence-electron chi connectivity index (χ0n) is 33.7. The molecule has 0 fully saturated rings. The molecule has 17 nitrogen and oxygen atoms in total. The summed E-state index contributed by atoms with van der Waals surface area (Å²) in [5, 5.41) is 42.2. The number of benzene rings is 3. The molecule has 0 aromatic heterocycles. The highest BCUT2D eigenvalue weighted by Crippen LogP contribution is 2.14. The van der Waals surface area contributed by atoms with E-state index in [1.54, 1.807) is 60.7 Å². The largest absolute Gasteiger partial charge is 0.508 e. The van der Waals surface area contributed by atoms with Crippen molar-refractivity contribution in [2.75, 3.05) is 6.54 Å². The van der Waals surface area contributed by atoms with Gasteiger partial charge in [0.1, 0.15) is 36.0 Å². The van der Waals surface area contributed by atoms with Crippen LogP contribution in [-0.2, 0) is 52.8 Å². The first kappa shape index (κ1) is 48.0. The van der Waals surface area contributed by atoms with Crippen LogP contribution in [0.15, 0.2) is 84.9 Å². The Labute approximate surface area is 349 Å². The van der Waals surface area contributed by atoms with Gasteiger partial charge in [0.2, 0.25) is 29.5 Å². The highest BCUT2D eigenvalue weighted by molar-refractivity contribution is 5.97. The van der Waals surface area contributed by atoms with E-state index in [9.17, 15) is 48.9 Å². The molecule has 0 radical (unpaired) electrons. The Morgan fingerprint density at radius 1 is 0.533 bits per heavy atom. The van der Waals surface area contributed by atoms with Gasteiger partial charge in [-0.05, 0) is 54.6 Å². The summed E-state index contributed by atoms with van der Waals surface area (Å²) in [6.07, 6.45) is 1.61. The van der Waals surface area contributed by atoms with Crippen LogP contribution in [0.3, 0.4) is 0 Å². The fourth-order valence-electron chi connectivity index (χ4n) is 6.25. The third-order valence-corrected chi connectivity index (χ3v) is 9.62. The van der Waals surface area contributed by atoms with Gasteiger partial charge in [-0.1, -0.05) is 99.0 Å². The SMILES string of the molecule is CCCC[C@H](NC(=O)[C@@H](Cc1ccccc1)NC(=O)[C@@H](Cc1ccccc1)NC(=O)[C@@H](Cc1ccc(O)cc1)NC(=O)[C@@H](CC(=O)O)NC(=O)[C@H](N)CCCCN)C(=O)O. The lowest BCUT2D eigenvalue weighted by Gasteiger charge is -2.27. The van der Waals surface area contributed by atoms with Crippen molar-refractivity contribution < 1.29 is 48.9 Å². The molecule has 0 saturated carbocycles. The lowest BCUT2D eigenvalue weighted by Crippen LogP contribution is -2.60. The number of unbranched alkanes of at least 4 members (excludes halogenated alkanes) is 2. The number of amides is 5. The number of aliphatic carboxylic acids is 2.